The second-order valence-electron chi connectivity index (χ2n) is 4.53. The van der Waals surface area contributed by atoms with Gasteiger partial charge in [-0.25, -0.2) is 0 Å². The van der Waals surface area contributed by atoms with Crippen LogP contribution >= 0.6 is 0 Å². The Hall–Kier alpha value is -1.35. The molecule has 0 bridgehead atoms. The normalized spacial score (nSPS) is 22.9. The molecule has 1 aromatic rings. The summed E-state index contributed by atoms with van der Waals surface area (Å²) in [7, 11) is 0. The van der Waals surface area contributed by atoms with Crippen molar-refractivity contribution in [3.05, 3.63) is 30.3 Å². The van der Waals surface area contributed by atoms with Crippen LogP contribution in [0.25, 0.3) is 0 Å². The Morgan fingerprint density at radius 1 is 1.35 bits per heavy atom. The average Bonchev–Trinajstić information content (AvgIpc) is 2.27. The van der Waals surface area contributed by atoms with E-state index in [4.69, 9.17) is 4.74 Å². The van der Waals surface area contributed by atoms with Gasteiger partial charge in [0, 0.05) is 18.7 Å². The predicted molar refractivity (Wildman–Crippen MR) is 67.8 cm³/mol. The molecule has 3 nitrogen and oxygen atoms in total. The van der Waals surface area contributed by atoms with Gasteiger partial charge < -0.3 is 10.1 Å². The molecule has 1 fully saturated rings. The van der Waals surface area contributed by atoms with Gasteiger partial charge in [-0.15, -0.1) is 0 Å². The summed E-state index contributed by atoms with van der Waals surface area (Å²) >= 11 is 0. The molecule has 0 heterocycles. The molecule has 0 spiro atoms. The molecule has 1 aliphatic carbocycles. The Bertz CT molecular complexity index is 358. The van der Waals surface area contributed by atoms with Crippen molar-refractivity contribution >= 4 is 11.6 Å². The first-order valence-corrected chi connectivity index (χ1v) is 6.24. The van der Waals surface area contributed by atoms with Crippen molar-refractivity contribution in [3.8, 4) is 0 Å². The minimum absolute atomic E-state index is 0.108. The van der Waals surface area contributed by atoms with E-state index >= 15 is 0 Å². The van der Waals surface area contributed by atoms with Crippen molar-refractivity contribution in [2.45, 2.75) is 32.3 Å². The van der Waals surface area contributed by atoms with Crippen LogP contribution in [-0.2, 0) is 9.53 Å². The Labute approximate surface area is 102 Å². The molecular weight excluding hydrogens is 214 g/mol. The van der Waals surface area contributed by atoms with E-state index in [1.807, 2.05) is 37.3 Å². The van der Waals surface area contributed by atoms with Crippen molar-refractivity contribution < 1.29 is 9.53 Å². The van der Waals surface area contributed by atoms with Crippen molar-refractivity contribution in [1.29, 1.82) is 0 Å². The molecule has 17 heavy (non-hydrogen) atoms. The van der Waals surface area contributed by atoms with Crippen molar-refractivity contribution in [2.75, 3.05) is 11.9 Å². The van der Waals surface area contributed by atoms with E-state index in [9.17, 15) is 4.79 Å². The van der Waals surface area contributed by atoms with Crippen LogP contribution in [0.1, 0.15) is 26.2 Å². The molecule has 0 radical (unpaired) electrons. The fourth-order valence-corrected chi connectivity index (χ4v) is 2.21. The lowest BCUT2D eigenvalue weighted by Crippen LogP contribution is -2.33. The number of carbonyl (C=O) groups is 1. The quantitative estimate of drug-likeness (QED) is 0.849. The van der Waals surface area contributed by atoms with Gasteiger partial charge in [0.2, 0.25) is 5.91 Å². The number of nitrogens with one attached hydrogen (secondary N) is 1. The zero-order valence-corrected chi connectivity index (χ0v) is 10.2. The molecule has 1 aliphatic rings. The van der Waals surface area contributed by atoms with Crippen molar-refractivity contribution in [2.24, 2.45) is 5.92 Å². The largest absolute Gasteiger partial charge is 0.378 e. The van der Waals surface area contributed by atoms with Crippen LogP contribution < -0.4 is 5.32 Å². The molecule has 2 rings (SSSR count). The molecule has 0 saturated heterocycles. The number of hydrogen-bond donors (Lipinski definition) is 1. The lowest BCUT2D eigenvalue weighted by atomic mass is 9.80. The molecule has 1 N–H and O–H groups in total. The third kappa shape index (κ3) is 3.56. The number of para-hydroxylation sites is 1. The van der Waals surface area contributed by atoms with Crippen LogP contribution in [0.3, 0.4) is 0 Å². The molecule has 3 heteroatoms. The summed E-state index contributed by atoms with van der Waals surface area (Å²) in [6.45, 7) is 2.78. The molecule has 92 valence electrons. The SMILES string of the molecule is CCOC1CC(CC(=O)Nc2ccccc2)C1. The van der Waals surface area contributed by atoms with Crippen molar-refractivity contribution in [1.82, 2.24) is 0 Å². The summed E-state index contributed by atoms with van der Waals surface area (Å²) in [5.41, 5.74) is 0.873. The maximum Gasteiger partial charge on any atom is 0.224 e. The highest BCUT2D eigenvalue weighted by Crippen LogP contribution is 2.32. The highest BCUT2D eigenvalue weighted by molar-refractivity contribution is 5.90. The predicted octanol–water partition coefficient (Wildman–Crippen LogP) is 2.83. The molecule has 1 aromatic carbocycles. The van der Waals surface area contributed by atoms with Crippen LogP contribution in [-0.4, -0.2) is 18.6 Å². The molecule has 1 amide bonds. The lowest BCUT2D eigenvalue weighted by Gasteiger charge is -2.34. The summed E-state index contributed by atoms with van der Waals surface area (Å²) in [4.78, 5) is 11.7. The maximum absolute atomic E-state index is 11.7. The first-order valence-electron chi connectivity index (χ1n) is 6.24. The Balaban J connectivity index is 1.69. The Kier molecular flexibility index (Phi) is 4.15. The monoisotopic (exact) mass is 233 g/mol. The number of amides is 1. The van der Waals surface area contributed by atoms with Crippen LogP contribution in [0, 0.1) is 5.92 Å². The van der Waals surface area contributed by atoms with E-state index in [1.165, 1.54) is 0 Å². The number of anilines is 1. The molecule has 0 atom stereocenters. The first-order chi connectivity index (χ1) is 8.28. The number of benzene rings is 1. The van der Waals surface area contributed by atoms with Gasteiger partial charge in [-0.1, -0.05) is 18.2 Å². The summed E-state index contributed by atoms with van der Waals surface area (Å²) in [6, 6.07) is 9.59. The van der Waals surface area contributed by atoms with E-state index in [1.54, 1.807) is 0 Å². The van der Waals surface area contributed by atoms with Gasteiger partial charge in [0.25, 0.3) is 0 Å². The van der Waals surface area contributed by atoms with Crippen LogP contribution in [0.15, 0.2) is 30.3 Å². The van der Waals surface area contributed by atoms with Gasteiger partial charge in [0.15, 0.2) is 0 Å². The van der Waals surface area contributed by atoms with Crippen LogP contribution in [0.4, 0.5) is 5.69 Å². The second-order valence-corrected chi connectivity index (χ2v) is 4.53. The Morgan fingerprint density at radius 3 is 2.71 bits per heavy atom. The summed E-state index contributed by atoms with van der Waals surface area (Å²) < 4.78 is 5.48. The molecular formula is C14H19NO2. The van der Waals surface area contributed by atoms with E-state index < -0.39 is 0 Å². The number of carbonyl (C=O) groups excluding carboxylic acids is 1. The standard InChI is InChI=1S/C14H19NO2/c1-2-17-13-8-11(9-13)10-14(16)15-12-6-4-3-5-7-12/h3-7,11,13H,2,8-10H2,1H3,(H,15,16). The number of hydrogen-bond acceptors (Lipinski definition) is 2. The fourth-order valence-electron chi connectivity index (χ4n) is 2.21. The van der Waals surface area contributed by atoms with Gasteiger partial charge in [0.1, 0.15) is 0 Å². The van der Waals surface area contributed by atoms with Crippen molar-refractivity contribution in [3.63, 3.8) is 0 Å². The van der Waals surface area contributed by atoms with Gasteiger partial charge in [0.05, 0.1) is 6.10 Å². The van der Waals surface area contributed by atoms with Crippen LogP contribution in [0.5, 0.6) is 0 Å². The summed E-state index contributed by atoms with van der Waals surface area (Å²) in [5.74, 6) is 0.603. The van der Waals surface area contributed by atoms with E-state index in [-0.39, 0.29) is 5.91 Å². The van der Waals surface area contributed by atoms with Gasteiger partial charge >= 0.3 is 0 Å². The fraction of sp³-hybridized carbons (Fsp3) is 0.500. The van der Waals surface area contributed by atoms with E-state index in [2.05, 4.69) is 5.32 Å². The minimum Gasteiger partial charge on any atom is -0.378 e. The Morgan fingerprint density at radius 2 is 2.06 bits per heavy atom. The number of ether oxygens (including phenoxy) is 1. The molecule has 0 aliphatic heterocycles. The summed E-state index contributed by atoms with van der Waals surface area (Å²) in [5, 5.41) is 2.91. The lowest BCUT2D eigenvalue weighted by molar-refractivity contribution is -0.119. The molecule has 1 saturated carbocycles. The molecule has 0 unspecified atom stereocenters. The highest BCUT2D eigenvalue weighted by atomic mass is 16.5. The minimum atomic E-state index is 0.108. The van der Waals surface area contributed by atoms with E-state index in [0.29, 0.717) is 18.4 Å². The van der Waals surface area contributed by atoms with Crippen LogP contribution in [0.2, 0.25) is 0 Å². The second kappa shape index (κ2) is 5.82. The summed E-state index contributed by atoms with van der Waals surface area (Å²) in [6.07, 6.45) is 3.04. The highest BCUT2D eigenvalue weighted by Gasteiger charge is 2.30. The van der Waals surface area contributed by atoms with Gasteiger partial charge in [-0.3, -0.25) is 4.79 Å². The zero-order chi connectivity index (χ0) is 12.1. The third-order valence-corrected chi connectivity index (χ3v) is 3.13. The average molecular weight is 233 g/mol. The first kappa shape index (κ1) is 12.1. The zero-order valence-electron chi connectivity index (χ0n) is 10.2. The number of rotatable bonds is 5. The topological polar surface area (TPSA) is 38.3 Å². The third-order valence-electron chi connectivity index (χ3n) is 3.13. The molecule has 0 aromatic heterocycles. The van der Waals surface area contributed by atoms with E-state index in [0.717, 1.165) is 25.1 Å². The maximum atomic E-state index is 11.7. The van der Waals surface area contributed by atoms with Gasteiger partial charge in [-0.05, 0) is 37.8 Å². The van der Waals surface area contributed by atoms with Gasteiger partial charge in [-0.2, -0.15) is 0 Å². The smallest absolute Gasteiger partial charge is 0.224 e.